The molecule has 0 fully saturated rings. The van der Waals surface area contributed by atoms with Gasteiger partial charge in [-0.1, -0.05) is 131 Å². The standard InChI is InChI=1S/C51H44B10N2/c52-41-39(42(53)46(57)49(60)45(41)56)27-13-8-12-26(22-27)38-32-17-5-4-16-31(32)37(33-21-20-29(24-34(33)38)40-43(54)47(58)50(61)48(59)44(40)55)28-14-9-15-30(23-28)63-36-19-7-6-18-35(36)62-51(63)25-10-2-1-3-11-25/h1-24H,52-61H2. The Balaban J connectivity index is 1.28. The van der Waals surface area contributed by atoms with E-state index in [0.717, 1.165) is 28.1 Å². The van der Waals surface area contributed by atoms with Crippen LogP contribution in [0.1, 0.15) is 0 Å². The van der Waals surface area contributed by atoms with Gasteiger partial charge in [0, 0.05) is 11.3 Å². The molecule has 0 spiro atoms. The highest BCUT2D eigenvalue weighted by atomic mass is 15.1. The lowest BCUT2D eigenvalue weighted by Gasteiger charge is -2.23. The van der Waals surface area contributed by atoms with Crippen LogP contribution in [0, 0.1) is 0 Å². The Kier molecular flexibility index (Phi) is 10.2. The van der Waals surface area contributed by atoms with Crippen molar-refractivity contribution in [2.24, 2.45) is 0 Å². The number of hydrogen-bond acceptors (Lipinski definition) is 1. The summed E-state index contributed by atoms with van der Waals surface area (Å²) in [6.45, 7) is 0. The largest absolute Gasteiger partial charge is 0.292 e. The molecule has 288 valence electrons. The zero-order valence-corrected chi connectivity index (χ0v) is 38.3. The number of nitrogens with zero attached hydrogens (tertiary/aromatic N) is 2. The maximum absolute atomic E-state index is 5.19. The third-order valence-electron chi connectivity index (χ3n) is 14.7. The van der Waals surface area contributed by atoms with E-state index in [1.807, 2.05) is 0 Å². The highest BCUT2D eigenvalue weighted by Crippen LogP contribution is 2.45. The summed E-state index contributed by atoms with van der Waals surface area (Å²) in [7, 11) is 22.8. The molecule has 0 radical (unpaired) electrons. The fraction of sp³-hybridized carbons (Fsp3) is 0. The topological polar surface area (TPSA) is 17.8 Å². The van der Waals surface area contributed by atoms with Gasteiger partial charge in [0.25, 0.3) is 0 Å². The van der Waals surface area contributed by atoms with E-state index in [1.165, 1.54) is 121 Å². The van der Waals surface area contributed by atoms with Crippen LogP contribution in [0.15, 0.2) is 146 Å². The average molecular weight is 793 g/mol. The lowest BCUT2D eigenvalue weighted by atomic mass is 9.59. The number of imidazole rings is 1. The van der Waals surface area contributed by atoms with Crippen molar-refractivity contribution in [3.8, 4) is 61.6 Å². The van der Waals surface area contributed by atoms with Crippen LogP contribution in [-0.4, -0.2) is 88.0 Å². The molecule has 0 saturated carbocycles. The maximum atomic E-state index is 5.19. The van der Waals surface area contributed by atoms with Crippen molar-refractivity contribution in [2.75, 3.05) is 0 Å². The van der Waals surface area contributed by atoms with Crippen molar-refractivity contribution in [3.05, 3.63) is 146 Å². The Morgan fingerprint density at radius 1 is 0.302 bits per heavy atom. The van der Waals surface area contributed by atoms with E-state index in [2.05, 4.69) is 229 Å². The van der Waals surface area contributed by atoms with E-state index in [4.69, 9.17) is 4.98 Å². The fourth-order valence-electron chi connectivity index (χ4n) is 10.5. The summed E-state index contributed by atoms with van der Waals surface area (Å²) in [4.78, 5) is 5.19. The average Bonchev–Trinajstić information content (AvgIpc) is 3.71. The van der Waals surface area contributed by atoms with Crippen molar-refractivity contribution >= 4 is 166 Å². The molecule has 0 aliphatic carbocycles. The SMILES string of the molecule is Bc1c(B)c(B)c(-c2cccc(-c3c4ccccc4c(-c4cccc(-n5c(-c6ccccc6)nc6ccccc65)c4)c4ccc(-c5c(B)c(B)c(B)c(B)c5B)cc34)c2)c(B)c1B. The van der Waals surface area contributed by atoms with Gasteiger partial charge in [-0.15, -0.1) is 32.8 Å². The second-order valence-electron chi connectivity index (χ2n) is 17.8. The van der Waals surface area contributed by atoms with Gasteiger partial charge < -0.3 is 0 Å². The van der Waals surface area contributed by atoms with E-state index < -0.39 is 0 Å². The lowest BCUT2D eigenvalue weighted by molar-refractivity contribution is 1.10. The summed E-state index contributed by atoms with van der Waals surface area (Å²) in [6.07, 6.45) is 0. The zero-order chi connectivity index (χ0) is 43.8. The molecule has 12 heteroatoms. The first kappa shape index (κ1) is 40.7. The van der Waals surface area contributed by atoms with Crippen LogP contribution in [0.2, 0.25) is 0 Å². The first-order valence-corrected chi connectivity index (χ1v) is 22.3. The van der Waals surface area contributed by atoms with Crippen molar-refractivity contribution in [1.82, 2.24) is 9.55 Å². The molecule has 0 saturated heterocycles. The summed E-state index contributed by atoms with van der Waals surface area (Å²) in [5.74, 6) is 0.933. The molecule has 2 nitrogen and oxygen atoms in total. The van der Waals surface area contributed by atoms with Gasteiger partial charge in [0.05, 0.1) is 11.0 Å². The minimum absolute atomic E-state index is 0.933. The monoisotopic (exact) mass is 794 g/mol. The minimum atomic E-state index is 0.933. The Bertz CT molecular complexity index is 3470. The molecular formula is C51H44B10N2. The van der Waals surface area contributed by atoms with E-state index in [0.29, 0.717) is 0 Å². The second kappa shape index (κ2) is 15.8. The summed E-state index contributed by atoms with van der Waals surface area (Å²) >= 11 is 0. The summed E-state index contributed by atoms with van der Waals surface area (Å²) in [6, 6.07) is 53.8. The molecule has 63 heavy (non-hydrogen) atoms. The quantitative estimate of drug-likeness (QED) is 0.125. The fourth-order valence-corrected chi connectivity index (χ4v) is 10.5. The number of aromatic nitrogens is 2. The van der Waals surface area contributed by atoms with Crippen molar-refractivity contribution in [1.29, 1.82) is 0 Å². The number of fused-ring (bicyclic) bond motifs is 3. The Morgan fingerprint density at radius 2 is 0.730 bits per heavy atom. The molecule has 0 unspecified atom stereocenters. The second-order valence-corrected chi connectivity index (χ2v) is 17.8. The van der Waals surface area contributed by atoms with Gasteiger partial charge >= 0.3 is 0 Å². The molecule has 0 atom stereocenters. The van der Waals surface area contributed by atoms with Crippen LogP contribution in [0.25, 0.3) is 94.2 Å². The van der Waals surface area contributed by atoms with Gasteiger partial charge in [-0.25, -0.2) is 4.98 Å². The molecule has 0 N–H and O–H groups in total. The molecular weight excluding hydrogens is 749 g/mol. The molecule has 9 aromatic carbocycles. The van der Waals surface area contributed by atoms with Gasteiger partial charge in [0.2, 0.25) is 0 Å². The van der Waals surface area contributed by atoms with Crippen molar-refractivity contribution in [3.63, 3.8) is 0 Å². The molecule has 0 aliphatic heterocycles. The Labute approximate surface area is 380 Å². The number of hydrogen-bond donors (Lipinski definition) is 0. The zero-order valence-electron chi connectivity index (χ0n) is 38.3. The van der Waals surface area contributed by atoms with Gasteiger partial charge in [0.15, 0.2) is 0 Å². The van der Waals surface area contributed by atoms with Crippen LogP contribution < -0.4 is 54.6 Å². The third kappa shape index (κ3) is 6.52. The van der Waals surface area contributed by atoms with E-state index in [-0.39, 0.29) is 0 Å². The molecule has 10 rings (SSSR count). The minimum Gasteiger partial charge on any atom is -0.292 e. The molecule has 10 aromatic rings. The van der Waals surface area contributed by atoms with Crippen molar-refractivity contribution < 1.29 is 0 Å². The predicted octanol–water partition coefficient (Wildman–Crippen LogP) is -3.75. The van der Waals surface area contributed by atoms with Crippen LogP contribution >= 0.6 is 0 Å². The van der Waals surface area contributed by atoms with Gasteiger partial charge in [-0.2, -0.15) is 0 Å². The van der Waals surface area contributed by atoms with Crippen molar-refractivity contribution in [2.45, 2.75) is 0 Å². The number of rotatable bonds is 6. The maximum Gasteiger partial charge on any atom is 0.145 e. The van der Waals surface area contributed by atoms with E-state index in [1.54, 1.807) is 0 Å². The molecule has 1 aromatic heterocycles. The van der Waals surface area contributed by atoms with E-state index in [9.17, 15) is 0 Å². The Morgan fingerprint density at radius 3 is 1.33 bits per heavy atom. The smallest absolute Gasteiger partial charge is 0.145 e. The van der Waals surface area contributed by atoms with Crippen LogP contribution in [0.4, 0.5) is 0 Å². The number of benzene rings is 9. The summed E-state index contributed by atoms with van der Waals surface area (Å²) in [5.41, 5.74) is 28.0. The highest BCUT2D eigenvalue weighted by molar-refractivity contribution is 6.70. The van der Waals surface area contributed by atoms with Gasteiger partial charge in [-0.3, -0.25) is 4.57 Å². The predicted molar refractivity (Wildman–Crippen MR) is 305 cm³/mol. The first-order chi connectivity index (χ1) is 30.4. The lowest BCUT2D eigenvalue weighted by Crippen LogP contribution is -2.55. The van der Waals surface area contributed by atoms with Crippen LogP contribution in [0.5, 0.6) is 0 Å². The highest BCUT2D eigenvalue weighted by Gasteiger charge is 2.22. The summed E-state index contributed by atoms with van der Waals surface area (Å²) in [5, 5.41) is 4.96. The molecule has 0 bridgehead atoms. The van der Waals surface area contributed by atoms with Gasteiger partial charge in [-0.05, 0) is 102 Å². The molecule has 1 heterocycles. The van der Waals surface area contributed by atoms with Crippen LogP contribution in [-0.2, 0) is 0 Å². The molecule has 0 amide bonds. The normalized spacial score (nSPS) is 11.5. The van der Waals surface area contributed by atoms with Gasteiger partial charge in [0.1, 0.15) is 84.3 Å². The number of para-hydroxylation sites is 2. The third-order valence-corrected chi connectivity index (χ3v) is 14.7. The first-order valence-electron chi connectivity index (χ1n) is 22.3. The molecule has 0 aliphatic rings. The summed E-state index contributed by atoms with van der Waals surface area (Å²) < 4.78 is 2.32. The van der Waals surface area contributed by atoms with E-state index >= 15 is 0 Å². The Hall–Kier alpha value is -6.38. The van der Waals surface area contributed by atoms with Crippen LogP contribution in [0.3, 0.4) is 0 Å².